The predicted molar refractivity (Wildman–Crippen MR) is 33.7 cm³/mol. The van der Waals surface area contributed by atoms with Gasteiger partial charge in [-0.1, -0.05) is 0 Å². The van der Waals surface area contributed by atoms with E-state index in [9.17, 15) is 0 Å². The molecular weight excluding hydrogens is 138 g/mol. The molecule has 0 saturated carbocycles. The van der Waals surface area contributed by atoms with Gasteiger partial charge in [0, 0.05) is 6.04 Å². The van der Waals surface area contributed by atoms with E-state index in [2.05, 4.69) is 0 Å². The molecule has 0 aromatic carbocycles. The zero-order chi connectivity index (χ0) is 8.36. The summed E-state index contributed by atoms with van der Waals surface area (Å²) in [5, 5.41) is 33.7. The first-order chi connectivity index (χ1) is 4.34. The van der Waals surface area contributed by atoms with Crippen LogP contribution in [0.2, 0.25) is 0 Å². The normalized spacial score (nSPS) is 18.6. The first-order valence-corrected chi connectivity index (χ1v) is 2.94. The van der Waals surface area contributed by atoms with Crippen LogP contribution in [0, 0.1) is 0 Å². The van der Waals surface area contributed by atoms with Gasteiger partial charge in [0.2, 0.25) is 0 Å². The van der Waals surface area contributed by atoms with Crippen molar-refractivity contribution in [2.75, 3.05) is 0 Å². The minimum atomic E-state index is -3.03. The molecule has 0 bridgehead atoms. The van der Waals surface area contributed by atoms with Crippen molar-refractivity contribution in [3.8, 4) is 0 Å². The zero-order valence-corrected chi connectivity index (χ0v) is 5.73. The van der Waals surface area contributed by atoms with Crippen molar-refractivity contribution in [3.63, 3.8) is 0 Å². The van der Waals surface area contributed by atoms with Gasteiger partial charge in [-0.25, -0.2) is 0 Å². The Bertz CT molecular complexity index is 98.3. The van der Waals surface area contributed by atoms with Crippen molar-refractivity contribution in [1.82, 2.24) is 0 Å². The molecule has 0 aliphatic carbocycles. The van der Waals surface area contributed by atoms with Crippen LogP contribution in [0.25, 0.3) is 0 Å². The summed E-state index contributed by atoms with van der Waals surface area (Å²) in [4.78, 5) is 0. The fraction of sp³-hybridized carbons (Fsp3) is 1.00. The Balaban J connectivity index is 3.73. The highest BCUT2D eigenvalue weighted by atomic mass is 16.7. The highest BCUT2D eigenvalue weighted by Gasteiger charge is 2.30. The summed E-state index contributed by atoms with van der Waals surface area (Å²) in [6.45, 7) is 1.58. The van der Waals surface area contributed by atoms with Crippen molar-refractivity contribution in [1.29, 1.82) is 0 Å². The zero-order valence-electron chi connectivity index (χ0n) is 5.73. The van der Waals surface area contributed by atoms with Gasteiger partial charge in [-0.15, -0.1) is 0 Å². The van der Waals surface area contributed by atoms with Gasteiger partial charge in [0.25, 0.3) is 0 Å². The molecule has 0 aliphatic heterocycles. The molecule has 0 amide bonds. The SMILES string of the molecule is CC(N)CC(O)C(O)(O)O. The Labute approximate surface area is 58.7 Å². The number of hydrogen-bond acceptors (Lipinski definition) is 5. The van der Waals surface area contributed by atoms with Gasteiger partial charge < -0.3 is 26.2 Å². The lowest BCUT2D eigenvalue weighted by Crippen LogP contribution is -2.44. The molecule has 0 aromatic heterocycles. The van der Waals surface area contributed by atoms with Crippen LogP contribution >= 0.6 is 0 Å². The Morgan fingerprint density at radius 3 is 1.90 bits per heavy atom. The van der Waals surface area contributed by atoms with Gasteiger partial charge in [0.05, 0.1) is 0 Å². The molecule has 0 radical (unpaired) electrons. The quantitative estimate of drug-likeness (QED) is 0.292. The number of nitrogens with two attached hydrogens (primary N) is 1. The molecule has 62 valence electrons. The Hall–Kier alpha value is -0.200. The second-order valence-electron chi connectivity index (χ2n) is 2.42. The smallest absolute Gasteiger partial charge is 0.303 e. The first kappa shape index (κ1) is 9.80. The molecule has 2 atom stereocenters. The van der Waals surface area contributed by atoms with E-state index in [0.29, 0.717) is 0 Å². The van der Waals surface area contributed by atoms with E-state index in [-0.39, 0.29) is 12.5 Å². The molecule has 0 aromatic rings. The van der Waals surface area contributed by atoms with Crippen LogP contribution in [0.1, 0.15) is 13.3 Å². The maximum atomic E-state index is 8.73. The molecule has 5 heteroatoms. The minimum absolute atomic E-state index is 0.0660. The van der Waals surface area contributed by atoms with Crippen LogP contribution in [0.4, 0.5) is 0 Å². The summed E-state index contributed by atoms with van der Waals surface area (Å²) in [7, 11) is 0. The third-order valence-electron chi connectivity index (χ3n) is 1.04. The summed E-state index contributed by atoms with van der Waals surface area (Å²) in [6, 6.07) is -0.388. The second kappa shape index (κ2) is 3.27. The molecule has 0 heterocycles. The van der Waals surface area contributed by atoms with E-state index < -0.39 is 12.1 Å². The summed E-state index contributed by atoms with van der Waals surface area (Å²) >= 11 is 0. The van der Waals surface area contributed by atoms with Gasteiger partial charge in [-0.3, -0.25) is 0 Å². The summed E-state index contributed by atoms with van der Waals surface area (Å²) in [5.41, 5.74) is 5.20. The third kappa shape index (κ3) is 3.76. The van der Waals surface area contributed by atoms with Crippen LogP contribution < -0.4 is 5.73 Å². The average Bonchev–Trinajstić information content (AvgIpc) is 1.60. The van der Waals surface area contributed by atoms with Crippen LogP contribution in [-0.4, -0.2) is 38.5 Å². The van der Waals surface area contributed by atoms with Gasteiger partial charge in [0.15, 0.2) is 0 Å². The average molecular weight is 151 g/mol. The lowest BCUT2D eigenvalue weighted by atomic mass is 10.1. The standard InChI is InChI=1S/C5H13NO4/c1-3(6)2-4(7)5(8,9)10/h3-4,7-10H,2,6H2,1H3. The second-order valence-corrected chi connectivity index (χ2v) is 2.42. The van der Waals surface area contributed by atoms with Crippen molar-refractivity contribution >= 4 is 0 Å². The van der Waals surface area contributed by atoms with Crippen molar-refractivity contribution in [3.05, 3.63) is 0 Å². The monoisotopic (exact) mass is 151 g/mol. The van der Waals surface area contributed by atoms with Crippen LogP contribution in [0.3, 0.4) is 0 Å². The molecule has 5 nitrogen and oxygen atoms in total. The number of rotatable bonds is 3. The predicted octanol–water partition coefficient (Wildman–Crippen LogP) is -2.28. The molecule has 2 unspecified atom stereocenters. The van der Waals surface area contributed by atoms with Crippen molar-refractivity contribution in [2.45, 2.75) is 31.5 Å². The van der Waals surface area contributed by atoms with E-state index in [4.69, 9.17) is 26.2 Å². The summed E-state index contributed by atoms with van der Waals surface area (Å²) < 4.78 is 0. The summed E-state index contributed by atoms with van der Waals surface area (Å²) in [6.07, 6.45) is -1.68. The third-order valence-corrected chi connectivity index (χ3v) is 1.04. The largest absolute Gasteiger partial charge is 0.385 e. The Kier molecular flexibility index (Phi) is 3.20. The Morgan fingerprint density at radius 1 is 1.40 bits per heavy atom. The first-order valence-electron chi connectivity index (χ1n) is 2.94. The molecule has 10 heavy (non-hydrogen) atoms. The fourth-order valence-corrected chi connectivity index (χ4v) is 0.510. The van der Waals surface area contributed by atoms with Gasteiger partial charge in [0.1, 0.15) is 6.10 Å². The Morgan fingerprint density at radius 2 is 1.80 bits per heavy atom. The molecule has 0 spiro atoms. The van der Waals surface area contributed by atoms with E-state index in [0.717, 1.165) is 0 Å². The van der Waals surface area contributed by atoms with Crippen molar-refractivity contribution in [2.24, 2.45) is 5.73 Å². The maximum absolute atomic E-state index is 8.73. The van der Waals surface area contributed by atoms with Gasteiger partial charge >= 0.3 is 5.97 Å². The molecule has 0 rings (SSSR count). The van der Waals surface area contributed by atoms with Crippen molar-refractivity contribution < 1.29 is 20.4 Å². The minimum Gasteiger partial charge on any atom is -0.385 e. The van der Waals surface area contributed by atoms with E-state index in [1.165, 1.54) is 0 Å². The highest BCUT2D eigenvalue weighted by Crippen LogP contribution is 2.06. The van der Waals surface area contributed by atoms with E-state index in [1.54, 1.807) is 6.92 Å². The van der Waals surface area contributed by atoms with Crippen LogP contribution in [-0.2, 0) is 0 Å². The summed E-state index contributed by atoms with van der Waals surface area (Å²) in [5.74, 6) is -3.03. The number of aliphatic hydroxyl groups excluding tert-OH is 1. The lowest BCUT2D eigenvalue weighted by Gasteiger charge is -2.21. The maximum Gasteiger partial charge on any atom is 0.303 e. The molecule has 6 N–H and O–H groups in total. The van der Waals surface area contributed by atoms with E-state index in [1.807, 2.05) is 0 Å². The molecular formula is C5H13NO4. The fourth-order valence-electron chi connectivity index (χ4n) is 0.510. The van der Waals surface area contributed by atoms with Crippen LogP contribution in [0.5, 0.6) is 0 Å². The van der Waals surface area contributed by atoms with Gasteiger partial charge in [-0.05, 0) is 13.3 Å². The molecule has 0 saturated heterocycles. The lowest BCUT2D eigenvalue weighted by molar-refractivity contribution is -0.355. The molecule has 0 fully saturated rings. The molecule has 0 aliphatic rings. The van der Waals surface area contributed by atoms with Gasteiger partial charge in [-0.2, -0.15) is 0 Å². The van der Waals surface area contributed by atoms with Crippen LogP contribution in [0.15, 0.2) is 0 Å². The topological polar surface area (TPSA) is 107 Å². The van der Waals surface area contributed by atoms with E-state index >= 15 is 0 Å². The highest BCUT2D eigenvalue weighted by molar-refractivity contribution is 4.67. The number of aliphatic hydroxyl groups is 4. The number of hydrogen-bond donors (Lipinski definition) is 5.